The zero-order chi connectivity index (χ0) is 18.4. The molecule has 0 amide bonds. The van der Waals surface area contributed by atoms with Crippen molar-refractivity contribution in [3.05, 3.63) is 64.7 Å². The van der Waals surface area contributed by atoms with Crippen LogP contribution in [0.3, 0.4) is 0 Å². The third kappa shape index (κ3) is 4.40. The van der Waals surface area contributed by atoms with E-state index in [4.69, 9.17) is 0 Å². The molecule has 0 atom stereocenters. The first-order chi connectivity index (χ1) is 12.3. The maximum absolute atomic E-state index is 2.51. The largest absolute Gasteiger partial charge is 0.0646 e. The van der Waals surface area contributed by atoms with Gasteiger partial charge >= 0.3 is 0 Å². The van der Waals surface area contributed by atoms with Crippen LogP contribution >= 0.6 is 0 Å². The second kappa shape index (κ2) is 7.83. The molecule has 27 heavy (non-hydrogen) atoms. The van der Waals surface area contributed by atoms with E-state index in [1.807, 2.05) is 0 Å². The van der Waals surface area contributed by atoms with E-state index in [1.165, 1.54) is 59.9 Å². The van der Waals surface area contributed by atoms with Crippen LogP contribution in [-0.4, -0.2) is 0 Å². The molecule has 140 valence electrons. The van der Waals surface area contributed by atoms with E-state index in [2.05, 4.69) is 76.2 Å². The van der Waals surface area contributed by atoms with Crippen molar-refractivity contribution in [2.24, 2.45) is 5.41 Å². The predicted molar refractivity (Wildman–Crippen MR) is 113 cm³/mol. The summed E-state index contributed by atoms with van der Waals surface area (Å²) in [5, 5.41) is 0. The minimum atomic E-state index is 0. The molecule has 1 heteroatoms. The van der Waals surface area contributed by atoms with Gasteiger partial charge in [0.15, 0.2) is 0 Å². The zero-order valence-corrected chi connectivity index (χ0v) is 19.8. The minimum Gasteiger partial charge on any atom is -0.0646 e. The standard InChI is InChI=1S/C26H32.Zr/c1-25(2,3)22-12-10-20(11-13-22)23-9-7-8-21-16-19(17-24(21)23)18-26(4)14-5-6-15-26;/h7-13,17H,5-6,14-16,18H2,1-4H3;. The fourth-order valence-electron chi connectivity index (χ4n) is 4.91. The van der Waals surface area contributed by atoms with Crippen LogP contribution in [0.5, 0.6) is 0 Å². The molecule has 0 saturated heterocycles. The molecule has 0 aromatic heterocycles. The Morgan fingerprint density at radius 2 is 1.59 bits per heavy atom. The third-order valence-corrected chi connectivity index (χ3v) is 6.49. The van der Waals surface area contributed by atoms with E-state index >= 15 is 0 Å². The molecule has 2 aromatic rings. The monoisotopic (exact) mass is 434 g/mol. The number of benzene rings is 2. The Hall–Kier alpha value is -0.937. The number of rotatable bonds is 3. The second-order valence-electron chi connectivity index (χ2n) is 9.88. The summed E-state index contributed by atoms with van der Waals surface area (Å²) in [5.74, 6) is 0. The van der Waals surface area contributed by atoms with Crippen molar-refractivity contribution in [1.29, 1.82) is 0 Å². The van der Waals surface area contributed by atoms with Gasteiger partial charge in [0.25, 0.3) is 0 Å². The molecule has 0 N–H and O–H groups in total. The summed E-state index contributed by atoms with van der Waals surface area (Å²) >= 11 is 0. The van der Waals surface area contributed by atoms with E-state index < -0.39 is 0 Å². The van der Waals surface area contributed by atoms with E-state index in [0.29, 0.717) is 5.41 Å². The van der Waals surface area contributed by atoms with Crippen molar-refractivity contribution >= 4 is 6.08 Å². The summed E-state index contributed by atoms with van der Waals surface area (Å²) in [6.45, 7) is 9.33. The van der Waals surface area contributed by atoms with Crippen LogP contribution in [-0.2, 0) is 38.0 Å². The van der Waals surface area contributed by atoms with Crippen LogP contribution in [0.25, 0.3) is 17.2 Å². The van der Waals surface area contributed by atoms with Gasteiger partial charge < -0.3 is 0 Å². The molecule has 0 nitrogen and oxygen atoms in total. The van der Waals surface area contributed by atoms with Crippen LogP contribution in [0.15, 0.2) is 48.0 Å². The number of hydrogen-bond acceptors (Lipinski definition) is 0. The van der Waals surface area contributed by atoms with Gasteiger partial charge in [-0.25, -0.2) is 0 Å². The second-order valence-corrected chi connectivity index (χ2v) is 9.88. The fourth-order valence-corrected chi connectivity index (χ4v) is 4.91. The Kier molecular flexibility index (Phi) is 6.03. The fraction of sp³-hybridized carbons (Fsp3) is 0.462. The molecule has 2 aromatic carbocycles. The molecule has 0 bridgehead atoms. The van der Waals surface area contributed by atoms with Gasteiger partial charge in [0.1, 0.15) is 0 Å². The summed E-state index contributed by atoms with van der Waals surface area (Å²) in [6, 6.07) is 16.1. The third-order valence-electron chi connectivity index (χ3n) is 6.49. The SMILES string of the molecule is CC1(CC2=Cc3c(cccc3-c3ccc(C(C)(C)C)cc3)C2)CCCC1.[Zr]. The summed E-state index contributed by atoms with van der Waals surface area (Å²) in [5.41, 5.74) is 9.52. The molecule has 0 spiro atoms. The van der Waals surface area contributed by atoms with Gasteiger partial charge in [0.05, 0.1) is 0 Å². The van der Waals surface area contributed by atoms with Crippen molar-refractivity contribution in [1.82, 2.24) is 0 Å². The molecular weight excluding hydrogens is 404 g/mol. The summed E-state index contributed by atoms with van der Waals surface area (Å²) in [6.07, 6.45) is 10.6. The van der Waals surface area contributed by atoms with Gasteiger partial charge in [-0.15, -0.1) is 0 Å². The number of allylic oxidation sites excluding steroid dienone is 1. The molecule has 1 fully saturated rings. The smallest absolute Gasteiger partial charge is 0 e. The predicted octanol–water partition coefficient (Wildman–Crippen LogP) is 7.56. The van der Waals surface area contributed by atoms with E-state index in [1.54, 1.807) is 5.57 Å². The molecular formula is C26H32Zr. The average Bonchev–Trinajstić information content (AvgIpc) is 3.19. The summed E-state index contributed by atoms with van der Waals surface area (Å²) in [7, 11) is 0. The van der Waals surface area contributed by atoms with E-state index in [-0.39, 0.29) is 31.6 Å². The summed E-state index contributed by atoms with van der Waals surface area (Å²) in [4.78, 5) is 0. The molecule has 2 aliphatic rings. The molecule has 0 unspecified atom stereocenters. The van der Waals surface area contributed by atoms with E-state index in [0.717, 1.165) is 6.42 Å². The first-order valence-electron chi connectivity index (χ1n) is 10.3. The Bertz CT molecular complexity index is 828. The van der Waals surface area contributed by atoms with Crippen molar-refractivity contribution in [3.63, 3.8) is 0 Å². The van der Waals surface area contributed by atoms with Crippen LogP contribution in [0.2, 0.25) is 0 Å². The zero-order valence-electron chi connectivity index (χ0n) is 17.4. The van der Waals surface area contributed by atoms with Crippen LogP contribution in [0.1, 0.15) is 76.5 Å². The molecule has 4 rings (SSSR count). The average molecular weight is 436 g/mol. The van der Waals surface area contributed by atoms with Crippen molar-refractivity contribution in [3.8, 4) is 11.1 Å². The summed E-state index contributed by atoms with van der Waals surface area (Å²) < 4.78 is 0. The molecule has 2 aliphatic carbocycles. The van der Waals surface area contributed by atoms with Gasteiger partial charge in [-0.3, -0.25) is 0 Å². The van der Waals surface area contributed by atoms with Gasteiger partial charge in [-0.05, 0) is 64.3 Å². The van der Waals surface area contributed by atoms with Gasteiger partial charge in [0, 0.05) is 26.2 Å². The van der Waals surface area contributed by atoms with Crippen LogP contribution in [0, 0.1) is 5.41 Å². The van der Waals surface area contributed by atoms with Gasteiger partial charge in [-0.1, -0.05) is 94.7 Å². The Labute approximate surface area is 184 Å². The Morgan fingerprint density at radius 3 is 2.22 bits per heavy atom. The number of hydrogen-bond donors (Lipinski definition) is 0. The van der Waals surface area contributed by atoms with Crippen LogP contribution < -0.4 is 0 Å². The van der Waals surface area contributed by atoms with Crippen molar-refractivity contribution < 1.29 is 26.2 Å². The quantitative estimate of drug-likeness (QED) is 0.466. The Balaban J connectivity index is 0.00000210. The molecule has 1 saturated carbocycles. The number of fused-ring (bicyclic) bond motifs is 1. The van der Waals surface area contributed by atoms with E-state index in [9.17, 15) is 0 Å². The van der Waals surface area contributed by atoms with Gasteiger partial charge in [-0.2, -0.15) is 0 Å². The van der Waals surface area contributed by atoms with Crippen molar-refractivity contribution in [2.75, 3.05) is 0 Å². The van der Waals surface area contributed by atoms with Crippen molar-refractivity contribution in [2.45, 2.75) is 71.6 Å². The van der Waals surface area contributed by atoms with Crippen LogP contribution in [0.4, 0.5) is 0 Å². The normalized spacial score (nSPS) is 18.0. The first-order valence-corrected chi connectivity index (χ1v) is 10.3. The molecule has 0 aliphatic heterocycles. The Morgan fingerprint density at radius 1 is 0.926 bits per heavy atom. The minimum absolute atomic E-state index is 0. The first kappa shape index (κ1) is 20.8. The molecule has 0 radical (unpaired) electrons. The van der Waals surface area contributed by atoms with Gasteiger partial charge in [0.2, 0.25) is 0 Å². The topological polar surface area (TPSA) is 0 Å². The maximum atomic E-state index is 2.51. The molecule has 0 heterocycles. The maximum Gasteiger partial charge on any atom is 0 e.